The van der Waals surface area contributed by atoms with Crippen molar-refractivity contribution in [2.45, 2.75) is 19.9 Å². The van der Waals surface area contributed by atoms with Gasteiger partial charge in [-0.1, -0.05) is 19.9 Å². The summed E-state index contributed by atoms with van der Waals surface area (Å²) in [7, 11) is 0. The van der Waals surface area contributed by atoms with E-state index < -0.39 is 0 Å². The largest absolute Gasteiger partial charge is 0.391 e. The number of thiophene rings is 1. The lowest BCUT2D eigenvalue weighted by Crippen LogP contribution is -2.21. The van der Waals surface area contributed by atoms with Gasteiger partial charge in [-0.25, -0.2) is 4.98 Å². The van der Waals surface area contributed by atoms with E-state index in [2.05, 4.69) is 35.2 Å². The molecule has 5 nitrogen and oxygen atoms in total. The highest BCUT2D eigenvalue weighted by molar-refractivity contribution is 7.10. The van der Waals surface area contributed by atoms with E-state index in [1.165, 1.54) is 11.2 Å². The molecule has 0 radical (unpaired) electrons. The van der Waals surface area contributed by atoms with Crippen LogP contribution in [0.15, 0.2) is 28.6 Å². The Labute approximate surface area is 109 Å². The quantitative estimate of drug-likeness (QED) is 0.790. The highest BCUT2D eigenvalue weighted by Crippen LogP contribution is 2.29. The van der Waals surface area contributed by atoms with Crippen molar-refractivity contribution < 1.29 is 0 Å². The number of nitrogen functional groups attached to an aromatic ring is 1. The lowest BCUT2D eigenvalue weighted by molar-refractivity contribution is 0.552. The van der Waals surface area contributed by atoms with Crippen LogP contribution in [0.4, 0.5) is 11.5 Å². The molecule has 0 amide bonds. The maximum absolute atomic E-state index is 11.4. The molecule has 0 aliphatic rings. The smallest absolute Gasteiger partial charge is 0.276 e. The molecule has 1 unspecified atom stereocenters. The Morgan fingerprint density at radius 1 is 1.50 bits per heavy atom. The number of aromatic amines is 1. The Bertz CT molecular complexity index is 562. The molecule has 1 atom stereocenters. The summed E-state index contributed by atoms with van der Waals surface area (Å²) in [5.74, 6) is 0.801. The van der Waals surface area contributed by atoms with Crippen LogP contribution in [-0.2, 0) is 0 Å². The third-order valence-corrected chi connectivity index (χ3v) is 3.65. The molecule has 96 valence electrons. The summed E-state index contributed by atoms with van der Waals surface area (Å²) < 4.78 is 0. The van der Waals surface area contributed by atoms with Gasteiger partial charge < -0.3 is 16.0 Å². The summed E-state index contributed by atoms with van der Waals surface area (Å²) in [6.07, 6.45) is 1.35. The van der Waals surface area contributed by atoms with Gasteiger partial charge in [-0.2, -0.15) is 0 Å². The maximum atomic E-state index is 11.4. The zero-order valence-electron chi connectivity index (χ0n) is 10.3. The van der Waals surface area contributed by atoms with Crippen molar-refractivity contribution >= 4 is 22.8 Å². The van der Waals surface area contributed by atoms with Crippen molar-refractivity contribution in [1.29, 1.82) is 0 Å². The number of hydrogen-bond donors (Lipinski definition) is 3. The molecule has 2 aromatic heterocycles. The van der Waals surface area contributed by atoms with Crippen molar-refractivity contribution in [1.82, 2.24) is 9.97 Å². The summed E-state index contributed by atoms with van der Waals surface area (Å²) in [5, 5.41) is 5.27. The lowest BCUT2D eigenvalue weighted by atomic mass is 10.0. The first kappa shape index (κ1) is 12.6. The molecule has 0 saturated carbocycles. The summed E-state index contributed by atoms with van der Waals surface area (Å²) in [4.78, 5) is 19.2. The zero-order valence-corrected chi connectivity index (χ0v) is 11.1. The second kappa shape index (κ2) is 5.22. The van der Waals surface area contributed by atoms with E-state index in [0.29, 0.717) is 11.7 Å². The van der Waals surface area contributed by atoms with E-state index >= 15 is 0 Å². The van der Waals surface area contributed by atoms with Crippen LogP contribution >= 0.6 is 11.3 Å². The molecule has 2 heterocycles. The van der Waals surface area contributed by atoms with Gasteiger partial charge in [0.25, 0.3) is 5.56 Å². The highest BCUT2D eigenvalue weighted by Gasteiger charge is 2.18. The van der Waals surface area contributed by atoms with Gasteiger partial charge in [0.1, 0.15) is 5.69 Å². The molecule has 6 heteroatoms. The third kappa shape index (κ3) is 2.53. The summed E-state index contributed by atoms with van der Waals surface area (Å²) in [6, 6.07) is 4.17. The van der Waals surface area contributed by atoms with E-state index in [4.69, 9.17) is 5.73 Å². The number of rotatable bonds is 4. The Hall–Kier alpha value is -1.82. The molecule has 18 heavy (non-hydrogen) atoms. The fourth-order valence-corrected chi connectivity index (χ4v) is 2.66. The minimum atomic E-state index is -0.318. The van der Waals surface area contributed by atoms with Crippen molar-refractivity contribution in [3.63, 3.8) is 0 Å². The predicted molar refractivity (Wildman–Crippen MR) is 74.8 cm³/mol. The van der Waals surface area contributed by atoms with Crippen molar-refractivity contribution in [2.24, 2.45) is 5.92 Å². The normalized spacial score (nSPS) is 12.6. The van der Waals surface area contributed by atoms with Crippen molar-refractivity contribution in [2.75, 3.05) is 11.1 Å². The standard InChI is InChI=1S/C12H16N4OS/c1-7(2)10(8-4-3-5-18-8)16-11-9(13)12(17)15-6-14-11/h3-7,10H,13H2,1-2H3,(H2,14,15,16,17). The number of H-pyrrole nitrogens is 1. The Morgan fingerprint density at radius 2 is 2.28 bits per heavy atom. The molecule has 0 aliphatic carbocycles. The number of aromatic nitrogens is 2. The predicted octanol–water partition coefficient (Wildman–Crippen LogP) is 2.22. The van der Waals surface area contributed by atoms with Gasteiger partial charge in [-0.15, -0.1) is 11.3 Å². The van der Waals surface area contributed by atoms with E-state index in [-0.39, 0.29) is 17.3 Å². The zero-order chi connectivity index (χ0) is 13.1. The van der Waals surface area contributed by atoms with Gasteiger partial charge in [0.05, 0.1) is 12.4 Å². The Kier molecular flexibility index (Phi) is 3.66. The van der Waals surface area contributed by atoms with Crippen molar-refractivity contribution in [3.05, 3.63) is 39.1 Å². The van der Waals surface area contributed by atoms with Crippen LogP contribution in [-0.4, -0.2) is 9.97 Å². The van der Waals surface area contributed by atoms with Gasteiger partial charge in [-0.3, -0.25) is 4.79 Å². The molecule has 0 aliphatic heterocycles. The van der Waals surface area contributed by atoms with Gasteiger partial charge in [-0.05, 0) is 17.4 Å². The van der Waals surface area contributed by atoms with Crippen LogP contribution in [0, 0.1) is 5.92 Å². The number of nitrogens with two attached hydrogens (primary N) is 1. The molecular weight excluding hydrogens is 248 g/mol. The average molecular weight is 264 g/mol. The monoisotopic (exact) mass is 264 g/mol. The first-order valence-electron chi connectivity index (χ1n) is 5.72. The van der Waals surface area contributed by atoms with E-state index in [0.717, 1.165) is 0 Å². The molecule has 2 aromatic rings. The van der Waals surface area contributed by atoms with Crippen LogP contribution in [0.5, 0.6) is 0 Å². The summed E-state index contributed by atoms with van der Waals surface area (Å²) in [6.45, 7) is 4.22. The molecule has 0 bridgehead atoms. The summed E-state index contributed by atoms with van der Waals surface area (Å²) >= 11 is 1.67. The number of anilines is 2. The molecule has 0 aromatic carbocycles. The van der Waals surface area contributed by atoms with Crippen LogP contribution in [0.3, 0.4) is 0 Å². The van der Waals surface area contributed by atoms with Crippen LogP contribution < -0.4 is 16.6 Å². The first-order valence-corrected chi connectivity index (χ1v) is 6.60. The Morgan fingerprint density at radius 3 is 2.89 bits per heavy atom. The van der Waals surface area contributed by atoms with E-state index in [1.807, 2.05) is 11.4 Å². The van der Waals surface area contributed by atoms with Gasteiger partial charge in [0, 0.05) is 4.88 Å². The minimum absolute atomic E-state index is 0.0987. The number of nitrogens with zero attached hydrogens (tertiary/aromatic N) is 1. The van der Waals surface area contributed by atoms with Crippen LogP contribution in [0.2, 0.25) is 0 Å². The fourth-order valence-electron chi connectivity index (χ4n) is 1.71. The van der Waals surface area contributed by atoms with Crippen molar-refractivity contribution in [3.8, 4) is 0 Å². The van der Waals surface area contributed by atoms with E-state index in [9.17, 15) is 4.79 Å². The topological polar surface area (TPSA) is 83.8 Å². The molecule has 2 rings (SSSR count). The van der Waals surface area contributed by atoms with Gasteiger partial charge in [0.2, 0.25) is 0 Å². The average Bonchev–Trinajstić information content (AvgIpc) is 2.84. The molecular formula is C12H16N4OS. The van der Waals surface area contributed by atoms with Gasteiger partial charge in [0.15, 0.2) is 5.82 Å². The third-order valence-electron chi connectivity index (χ3n) is 2.70. The van der Waals surface area contributed by atoms with Crippen LogP contribution in [0.1, 0.15) is 24.8 Å². The molecule has 0 saturated heterocycles. The second-order valence-corrected chi connectivity index (χ2v) is 5.35. The Balaban J connectivity index is 2.30. The molecule has 0 fully saturated rings. The summed E-state index contributed by atoms with van der Waals surface area (Å²) in [5.41, 5.74) is 5.53. The number of nitrogens with one attached hydrogen (secondary N) is 2. The van der Waals surface area contributed by atoms with E-state index in [1.54, 1.807) is 11.3 Å². The molecule has 0 spiro atoms. The highest BCUT2D eigenvalue weighted by atomic mass is 32.1. The second-order valence-electron chi connectivity index (χ2n) is 4.38. The van der Waals surface area contributed by atoms with Gasteiger partial charge >= 0.3 is 0 Å². The lowest BCUT2D eigenvalue weighted by Gasteiger charge is -2.22. The van der Waals surface area contributed by atoms with Crippen LogP contribution in [0.25, 0.3) is 0 Å². The minimum Gasteiger partial charge on any atom is -0.391 e. The first-order chi connectivity index (χ1) is 8.59. The maximum Gasteiger partial charge on any atom is 0.276 e. The fraction of sp³-hybridized carbons (Fsp3) is 0.333. The molecule has 4 N–H and O–H groups in total. The number of hydrogen-bond acceptors (Lipinski definition) is 5. The SMILES string of the molecule is CC(C)C(Nc1nc[nH]c(=O)c1N)c1cccs1.